The molecule has 0 saturated heterocycles. The molecular weight excluding hydrogens is 262 g/mol. The highest BCUT2D eigenvalue weighted by Crippen LogP contribution is 2.33. The van der Waals surface area contributed by atoms with E-state index in [4.69, 9.17) is 9.47 Å². The highest BCUT2D eigenvalue weighted by Gasteiger charge is 2.33. The standard InChI is InChI=1S/C14H21NO3S/c1-15-14-11-6-3-4-7-12(11)18-10-13(14)19(16)9-5-8-17-2/h3-4,6-7,13-15H,5,8-10H2,1-2H3. The molecule has 5 heteroatoms. The van der Waals surface area contributed by atoms with Crippen LogP contribution in [0.3, 0.4) is 0 Å². The quantitative estimate of drug-likeness (QED) is 0.804. The topological polar surface area (TPSA) is 47.6 Å². The minimum atomic E-state index is -0.913. The molecular formula is C14H21NO3S. The first kappa shape index (κ1) is 14.5. The summed E-state index contributed by atoms with van der Waals surface area (Å²) in [5, 5.41) is 3.27. The number of hydrogen-bond donors (Lipinski definition) is 1. The highest BCUT2D eigenvalue weighted by atomic mass is 32.2. The van der Waals surface area contributed by atoms with Gasteiger partial charge in [0.25, 0.3) is 0 Å². The molecule has 0 aromatic heterocycles. The first-order valence-corrected chi connectivity index (χ1v) is 7.91. The van der Waals surface area contributed by atoms with Crippen LogP contribution in [-0.4, -0.2) is 42.6 Å². The molecule has 19 heavy (non-hydrogen) atoms. The zero-order valence-electron chi connectivity index (χ0n) is 11.4. The summed E-state index contributed by atoms with van der Waals surface area (Å²) in [6, 6.07) is 8.04. The molecule has 0 radical (unpaired) electrons. The van der Waals surface area contributed by atoms with Gasteiger partial charge in [0, 0.05) is 35.8 Å². The maximum atomic E-state index is 12.4. The Balaban J connectivity index is 2.09. The SMILES string of the molecule is CNC1c2ccccc2OCC1S(=O)CCCOC. The third-order valence-corrected chi connectivity index (χ3v) is 5.15. The van der Waals surface area contributed by atoms with E-state index in [0.717, 1.165) is 17.7 Å². The smallest absolute Gasteiger partial charge is 0.124 e. The summed E-state index contributed by atoms with van der Waals surface area (Å²) in [5.41, 5.74) is 1.10. The van der Waals surface area contributed by atoms with Crippen molar-refractivity contribution < 1.29 is 13.7 Å². The Bertz CT molecular complexity index is 438. The number of para-hydroxylation sites is 1. The Hall–Kier alpha value is -0.910. The largest absolute Gasteiger partial charge is 0.492 e. The third-order valence-electron chi connectivity index (χ3n) is 3.37. The molecule has 1 aromatic carbocycles. The van der Waals surface area contributed by atoms with E-state index in [1.807, 2.05) is 31.3 Å². The molecule has 2 rings (SSSR count). The summed E-state index contributed by atoms with van der Waals surface area (Å²) in [5.74, 6) is 1.55. The molecule has 1 aromatic rings. The van der Waals surface area contributed by atoms with Crippen LogP contribution in [0.1, 0.15) is 18.0 Å². The van der Waals surface area contributed by atoms with E-state index in [2.05, 4.69) is 5.32 Å². The molecule has 4 nitrogen and oxygen atoms in total. The molecule has 0 bridgehead atoms. The molecule has 1 heterocycles. The summed E-state index contributed by atoms with van der Waals surface area (Å²) in [7, 11) is 2.66. The fourth-order valence-corrected chi connectivity index (χ4v) is 3.91. The lowest BCUT2D eigenvalue weighted by Gasteiger charge is -2.32. The maximum Gasteiger partial charge on any atom is 0.124 e. The fourth-order valence-electron chi connectivity index (χ4n) is 2.40. The highest BCUT2D eigenvalue weighted by molar-refractivity contribution is 7.85. The minimum absolute atomic E-state index is 0.00300. The second kappa shape index (κ2) is 7.03. The van der Waals surface area contributed by atoms with Gasteiger partial charge >= 0.3 is 0 Å². The number of hydrogen-bond acceptors (Lipinski definition) is 4. The monoisotopic (exact) mass is 283 g/mol. The lowest BCUT2D eigenvalue weighted by atomic mass is 10.0. The van der Waals surface area contributed by atoms with Crippen molar-refractivity contribution in [1.29, 1.82) is 0 Å². The second-order valence-corrected chi connectivity index (χ2v) is 6.36. The van der Waals surface area contributed by atoms with Gasteiger partial charge in [0.2, 0.25) is 0 Å². The second-order valence-electron chi connectivity index (χ2n) is 4.58. The zero-order chi connectivity index (χ0) is 13.7. The van der Waals surface area contributed by atoms with Crippen LogP contribution in [0, 0.1) is 0 Å². The number of nitrogens with one attached hydrogen (secondary N) is 1. The molecule has 3 atom stereocenters. The van der Waals surface area contributed by atoms with Gasteiger partial charge < -0.3 is 14.8 Å². The van der Waals surface area contributed by atoms with Gasteiger partial charge in [-0.3, -0.25) is 4.21 Å². The molecule has 0 aliphatic carbocycles. The fraction of sp³-hybridized carbons (Fsp3) is 0.571. The number of ether oxygens (including phenoxy) is 2. The van der Waals surface area contributed by atoms with Gasteiger partial charge in [0.05, 0.1) is 11.3 Å². The van der Waals surface area contributed by atoms with E-state index < -0.39 is 10.8 Å². The first-order valence-electron chi connectivity index (χ1n) is 6.53. The molecule has 3 unspecified atom stereocenters. The molecule has 0 amide bonds. The first-order chi connectivity index (χ1) is 9.27. The normalized spacial score (nSPS) is 23.5. The van der Waals surface area contributed by atoms with E-state index >= 15 is 0 Å². The molecule has 1 aliphatic heterocycles. The van der Waals surface area contributed by atoms with Gasteiger partial charge in [-0.25, -0.2) is 0 Å². The summed E-state index contributed by atoms with van der Waals surface area (Å²) in [4.78, 5) is 0. The third kappa shape index (κ3) is 3.35. The van der Waals surface area contributed by atoms with Crippen LogP contribution in [0.2, 0.25) is 0 Å². The molecule has 1 N–H and O–H groups in total. The predicted molar refractivity (Wildman–Crippen MR) is 77.0 cm³/mol. The summed E-state index contributed by atoms with van der Waals surface area (Å²) in [6.07, 6.45) is 0.817. The van der Waals surface area contributed by atoms with E-state index in [9.17, 15) is 4.21 Å². The Morgan fingerprint density at radius 3 is 3.00 bits per heavy atom. The van der Waals surface area contributed by atoms with Crippen molar-refractivity contribution in [3.8, 4) is 5.75 Å². The Morgan fingerprint density at radius 2 is 2.26 bits per heavy atom. The van der Waals surface area contributed by atoms with Crippen molar-refractivity contribution in [3.05, 3.63) is 29.8 Å². The Labute approximate surface area is 116 Å². The van der Waals surface area contributed by atoms with Gasteiger partial charge in [-0.1, -0.05) is 18.2 Å². The lowest BCUT2D eigenvalue weighted by molar-refractivity contribution is 0.199. The van der Waals surface area contributed by atoms with E-state index in [-0.39, 0.29) is 11.3 Å². The maximum absolute atomic E-state index is 12.4. The summed E-state index contributed by atoms with van der Waals surface area (Å²) >= 11 is 0. The average Bonchev–Trinajstić information content (AvgIpc) is 2.46. The van der Waals surface area contributed by atoms with Crippen molar-refractivity contribution in [1.82, 2.24) is 5.32 Å². The van der Waals surface area contributed by atoms with E-state index in [1.54, 1.807) is 7.11 Å². The molecule has 0 saturated carbocycles. The van der Waals surface area contributed by atoms with Gasteiger partial charge in [-0.15, -0.1) is 0 Å². The molecule has 1 aliphatic rings. The molecule has 106 valence electrons. The number of fused-ring (bicyclic) bond motifs is 1. The zero-order valence-corrected chi connectivity index (χ0v) is 12.2. The summed E-state index contributed by atoms with van der Waals surface area (Å²) in [6.45, 7) is 1.15. The Morgan fingerprint density at radius 1 is 1.47 bits per heavy atom. The van der Waals surface area contributed by atoms with Gasteiger partial charge in [0.1, 0.15) is 12.4 Å². The number of methoxy groups -OCH3 is 1. The van der Waals surface area contributed by atoms with Gasteiger partial charge in [-0.05, 0) is 19.5 Å². The van der Waals surface area contributed by atoms with Crippen molar-refractivity contribution >= 4 is 10.8 Å². The van der Waals surface area contributed by atoms with Crippen LogP contribution in [0.5, 0.6) is 5.75 Å². The van der Waals surface area contributed by atoms with Crippen LogP contribution in [-0.2, 0) is 15.5 Å². The van der Waals surface area contributed by atoms with Crippen LogP contribution < -0.4 is 10.1 Å². The van der Waals surface area contributed by atoms with E-state index in [1.165, 1.54) is 0 Å². The number of rotatable bonds is 6. The van der Waals surface area contributed by atoms with Gasteiger partial charge in [0.15, 0.2) is 0 Å². The van der Waals surface area contributed by atoms with Crippen molar-refractivity contribution in [2.24, 2.45) is 0 Å². The van der Waals surface area contributed by atoms with Crippen molar-refractivity contribution in [2.75, 3.05) is 33.1 Å². The van der Waals surface area contributed by atoms with Crippen molar-refractivity contribution in [3.63, 3.8) is 0 Å². The van der Waals surface area contributed by atoms with Crippen LogP contribution in [0.25, 0.3) is 0 Å². The van der Waals surface area contributed by atoms with E-state index in [0.29, 0.717) is 19.0 Å². The van der Waals surface area contributed by atoms with Crippen LogP contribution >= 0.6 is 0 Å². The van der Waals surface area contributed by atoms with Gasteiger partial charge in [-0.2, -0.15) is 0 Å². The molecule has 0 fully saturated rings. The molecule has 0 spiro atoms. The average molecular weight is 283 g/mol. The minimum Gasteiger partial charge on any atom is -0.492 e. The summed E-state index contributed by atoms with van der Waals surface area (Å²) < 4.78 is 23.1. The van der Waals surface area contributed by atoms with Crippen LogP contribution in [0.15, 0.2) is 24.3 Å². The van der Waals surface area contributed by atoms with Crippen molar-refractivity contribution in [2.45, 2.75) is 17.7 Å². The van der Waals surface area contributed by atoms with Crippen LogP contribution in [0.4, 0.5) is 0 Å². The predicted octanol–water partition coefficient (Wildman–Crippen LogP) is 1.49. The Kier molecular flexibility index (Phi) is 5.36. The number of benzene rings is 1. The lowest BCUT2D eigenvalue weighted by Crippen LogP contribution is -2.41.